The Morgan fingerprint density at radius 2 is 1.68 bits per heavy atom. The first-order valence-corrected chi connectivity index (χ1v) is 9.95. The van der Waals surface area contributed by atoms with Crippen LogP contribution in [-0.2, 0) is 20.7 Å². The van der Waals surface area contributed by atoms with Crippen molar-refractivity contribution in [2.45, 2.75) is 33.0 Å². The number of carbonyl (C=O) groups is 3. The minimum atomic E-state index is -1.03. The van der Waals surface area contributed by atoms with Gasteiger partial charge in [-0.15, -0.1) is 0 Å². The lowest BCUT2D eigenvalue weighted by atomic mass is 9.81. The van der Waals surface area contributed by atoms with Crippen LogP contribution in [-0.4, -0.2) is 54.2 Å². The number of methoxy groups -OCH3 is 1. The highest BCUT2D eigenvalue weighted by molar-refractivity contribution is 6.31. The number of aromatic hydroxyl groups is 2. The molecule has 0 unspecified atom stereocenters. The van der Waals surface area contributed by atoms with Crippen LogP contribution in [0.15, 0.2) is 24.3 Å². The minimum Gasteiger partial charge on any atom is -0.507 e. The van der Waals surface area contributed by atoms with Gasteiger partial charge < -0.3 is 24.4 Å². The second kappa shape index (κ2) is 9.28. The van der Waals surface area contributed by atoms with Gasteiger partial charge in [0.05, 0.1) is 23.8 Å². The molecular weight excluding hydrogens is 404 g/mol. The van der Waals surface area contributed by atoms with Gasteiger partial charge in [0.25, 0.3) is 0 Å². The Labute approximate surface area is 179 Å². The normalized spacial score (nSPS) is 12.6. The Kier molecular flexibility index (Phi) is 6.72. The van der Waals surface area contributed by atoms with E-state index in [4.69, 9.17) is 14.2 Å². The maximum Gasteiger partial charge on any atom is 0.217 e. The van der Waals surface area contributed by atoms with Crippen LogP contribution in [0.25, 0.3) is 0 Å². The predicted octanol–water partition coefficient (Wildman–Crippen LogP) is 2.78. The third-order valence-electron chi connectivity index (χ3n) is 5.07. The average molecular weight is 428 g/mol. The van der Waals surface area contributed by atoms with Gasteiger partial charge in [-0.1, -0.05) is 12.1 Å². The molecule has 31 heavy (non-hydrogen) atoms. The zero-order valence-corrected chi connectivity index (χ0v) is 17.6. The van der Waals surface area contributed by atoms with Gasteiger partial charge in [0.2, 0.25) is 12.1 Å². The highest BCUT2D eigenvalue weighted by Gasteiger charge is 2.37. The van der Waals surface area contributed by atoms with Crippen LogP contribution >= 0.6 is 0 Å². The number of phenolic OH excluding ortho intramolecular Hbond substituents is 2. The van der Waals surface area contributed by atoms with E-state index in [0.29, 0.717) is 13.2 Å². The van der Waals surface area contributed by atoms with E-state index in [-0.39, 0.29) is 52.2 Å². The molecule has 3 rings (SSSR count). The van der Waals surface area contributed by atoms with Gasteiger partial charge in [-0.2, -0.15) is 0 Å². The van der Waals surface area contributed by atoms with Crippen molar-refractivity contribution in [3.05, 3.63) is 52.1 Å². The average Bonchev–Trinajstić information content (AvgIpc) is 2.76. The SMILES string of the molecule is CCOC(OCC)C(=O)CCc1cc(O)c2c(c1O)C(=O)c1c(OC)cccc1C2=O. The van der Waals surface area contributed by atoms with Gasteiger partial charge >= 0.3 is 0 Å². The lowest BCUT2D eigenvalue weighted by molar-refractivity contribution is -0.167. The van der Waals surface area contributed by atoms with Gasteiger partial charge in [-0.25, -0.2) is 0 Å². The number of hydrogen-bond donors (Lipinski definition) is 2. The van der Waals surface area contributed by atoms with E-state index in [1.165, 1.54) is 25.3 Å². The molecule has 0 fully saturated rings. The van der Waals surface area contributed by atoms with Crippen molar-refractivity contribution >= 4 is 17.3 Å². The Morgan fingerprint density at radius 3 is 2.29 bits per heavy atom. The summed E-state index contributed by atoms with van der Waals surface area (Å²) in [6.45, 7) is 4.06. The molecule has 1 aliphatic carbocycles. The smallest absolute Gasteiger partial charge is 0.217 e. The molecule has 0 aliphatic heterocycles. The molecule has 164 valence electrons. The number of phenols is 2. The van der Waals surface area contributed by atoms with E-state index in [2.05, 4.69) is 0 Å². The minimum absolute atomic E-state index is 0.0163. The molecule has 0 heterocycles. The second-order valence-corrected chi connectivity index (χ2v) is 6.90. The highest BCUT2D eigenvalue weighted by atomic mass is 16.7. The van der Waals surface area contributed by atoms with Crippen molar-refractivity contribution in [2.75, 3.05) is 20.3 Å². The first-order chi connectivity index (χ1) is 14.8. The zero-order valence-electron chi connectivity index (χ0n) is 17.6. The maximum atomic E-state index is 13.2. The van der Waals surface area contributed by atoms with Crippen molar-refractivity contribution in [1.82, 2.24) is 0 Å². The van der Waals surface area contributed by atoms with Crippen LogP contribution in [0, 0.1) is 0 Å². The number of Topliss-reactive ketones (excluding diaryl/α,β-unsaturated/α-hetero) is 1. The summed E-state index contributed by atoms with van der Waals surface area (Å²) in [5, 5.41) is 21.3. The lowest BCUT2D eigenvalue weighted by Gasteiger charge is -2.22. The van der Waals surface area contributed by atoms with Crippen molar-refractivity contribution < 1.29 is 38.8 Å². The Bertz CT molecular complexity index is 1030. The molecule has 8 nitrogen and oxygen atoms in total. The largest absolute Gasteiger partial charge is 0.507 e. The number of rotatable bonds is 9. The third-order valence-corrected chi connectivity index (χ3v) is 5.07. The van der Waals surface area contributed by atoms with Crippen LogP contribution in [0.2, 0.25) is 0 Å². The molecule has 0 saturated heterocycles. The fourth-order valence-electron chi connectivity index (χ4n) is 3.65. The van der Waals surface area contributed by atoms with Crippen molar-refractivity contribution in [3.8, 4) is 17.2 Å². The van der Waals surface area contributed by atoms with Crippen LogP contribution in [0.4, 0.5) is 0 Å². The standard InChI is InChI=1S/C23H24O8/c1-4-30-23(31-5-2)14(24)10-9-12-11-15(25)18-19(20(12)26)22(28)17-13(21(18)27)7-6-8-16(17)29-3/h6-8,11,23,25-26H,4-5,9-10H2,1-3H3. The summed E-state index contributed by atoms with van der Waals surface area (Å²) in [5.41, 5.74) is -0.282. The molecular formula is C23H24O8. The van der Waals surface area contributed by atoms with Gasteiger partial charge in [-0.3, -0.25) is 14.4 Å². The molecule has 2 aromatic carbocycles. The third kappa shape index (κ3) is 4.04. The van der Waals surface area contributed by atoms with E-state index in [1.807, 2.05) is 0 Å². The van der Waals surface area contributed by atoms with E-state index in [9.17, 15) is 24.6 Å². The van der Waals surface area contributed by atoms with Crippen LogP contribution in [0.1, 0.15) is 57.7 Å². The van der Waals surface area contributed by atoms with Crippen molar-refractivity contribution in [2.24, 2.45) is 0 Å². The number of hydrogen-bond acceptors (Lipinski definition) is 8. The molecule has 0 bridgehead atoms. The van der Waals surface area contributed by atoms with Crippen LogP contribution < -0.4 is 4.74 Å². The summed E-state index contributed by atoms with van der Waals surface area (Å²) in [6.07, 6.45) is -1.07. The summed E-state index contributed by atoms with van der Waals surface area (Å²) in [5.74, 6) is -2.25. The number of fused-ring (bicyclic) bond motifs is 2. The summed E-state index contributed by atoms with van der Waals surface area (Å²) in [4.78, 5) is 38.5. The maximum absolute atomic E-state index is 13.2. The van der Waals surface area contributed by atoms with Gasteiger partial charge in [0.1, 0.15) is 17.2 Å². The number of benzene rings is 2. The summed E-state index contributed by atoms with van der Waals surface area (Å²) in [6, 6.07) is 5.77. The molecule has 0 spiro atoms. The fraction of sp³-hybridized carbons (Fsp3) is 0.348. The first-order valence-electron chi connectivity index (χ1n) is 9.95. The Hall–Kier alpha value is -3.23. The van der Waals surface area contributed by atoms with Crippen molar-refractivity contribution in [3.63, 3.8) is 0 Å². The van der Waals surface area contributed by atoms with E-state index in [0.717, 1.165) is 0 Å². The first kappa shape index (κ1) is 22.5. The van der Waals surface area contributed by atoms with Gasteiger partial charge in [-0.05, 0) is 38.0 Å². The zero-order chi connectivity index (χ0) is 22.7. The molecule has 2 aromatic rings. The summed E-state index contributed by atoms with van der Waals surface area (Å²) in [7, 11) is 1.37. The number of ether oxygens (including phenoxy) is 3. The molecule has 8 heteroatoms. The molecule has 2 N–H and O–H groups in total. The van der Waals surface area contributed by atoms with Crippen molar-refractivity contribution in [1.29, 1.82) is 0 Å². The monoisotopic (exact) mass is 428 g/mol. The quantitative estimate of drug-likeness (QED) is 0.394. The van der Waals surface area contributed by atoms with Crippen LogP contribution in [0.3, 0.4) is 0 Å². The topological polar surface area (TPSA) is 119 Å². The number of aryl methyl sites for hydroxylation is 1. The second-order valence-electron chi connectivity index (χ2n) is 6.90. The Balaban J connectivity index is 1.97. The molecule has 0 atom stereocenters. The molecule has 0 radical (unpaired) electrons. The molecule has 0 saturated carbocycles. The molecule has 0 amide bonds. The molecule has 1 aliphatic rings. The van der Waals surface area contributed by atoms with E-state index >= 15 is 0 Å². The number of carbonyl (C=O) groups excluding carboxylic acids is 3. The number of ketones is 3. The lowest BCUT2D eigenvalue weighted by Crippen LogP contribution is -2.28. The van der Waals surface area contributed by atoms with Gasteiger partial charge in [0, 0.05) is 25.2 Å². The fourth-order valence-corrected chi connectivity index (χ4v) is 3.65. The van der Waals surface area contributed by atoms with E-state index in [1.54, 1.807) is 19.9 Å². The van der Waals surface area contributed by atoms with E-state index < -0.39 is 29.4 Å². The Morgan fingerprint density at radius 1 is 1.00 bits per heavy atom. The summed E-state index contributed by atoms with van der Waals surface area (Å²) >= 11 is 0. The predicted molar refractivity (Wildman–Crippen MR) is 110 cm³/mol. The molecule has 0 aromatic heterocycles. The van der Waals surface area contributed by atoms with Crippen LogP contribution in [0.5, 0.6) is 17.2 Å². The van der Waals surface area contributed by atoms with Gasteiger partial charge in [0.15, 0.2) is 11.6 Å². The summed E-state index contributed by atoms with van der Waals surface area (Å²) < 4.78 is 15.8. The highest BCUT2D eigenvalue weighted by Crippen LogP contribution is 2.42.